The summed E-state index contributed by atoms with van der Waals surface area (Å²) in [6.45, 7) is 6.18. The summed E-state index contributed by atoms with van der Waals surface area (Å²) < 4.78 is 4.79. The number of Topliss-reactive ketones (excluding diaryl/α,β-unsaturated/α-hetero) is 1. The van der Waals surface area contributed by atoms with Gasteiger partial charge in [-0.2, -0.15) is 0 Å². The summed E-state index contributed by atoms with van der Waals surface area (Å²) in [7, 11) is 0. The molecule has 0 aliphatic rings. The van der Waals surface area contributed by atoms with E-state index in [-0.39, 0.29) is 11.8 Å². The van der Waals surface area contributed by atoms with E-state index in [9.17, 15) is 9.59 Å². The van der Waals surface area contributed by atoms with Crippen LogP contribution in [0.3, 0.4) is 0 Å². The molecule has 3 nitrogen and oxygen atoms in total. The number of ketones is 1. The highest BCUT2D eigenvalue weighted by Crippen LogP contribution is 2.11. The van der Waals surface area contributed by atoms with Crippen LogP contribution in [0.15, 0.2) is 30.3 Å². The Morgan fingerprint density at radius 1 is 1.21 bits per heavy atom. The Bertz CT molecular complexity index is 455. The second kappa shape index (κ2) is 7.52. The summed E-state index contributed by atoms with van der Waals surface area (Å²) in [5.74, 6) is 0.147. The van der Waals surface area contributed by atoms with Gasteiger partial charge in [0, 0.05) is 18.1 Å². The van der Waals surface area contributed by atoms with Crippen molar-refractivity contribution in [1.82, 2.24) is 0 Å². The van der Waals surface area contributed by atoms with Crippen LogP contribution in [0.1, 0.15) is 43.1 Å². The first-order valence-electron chi connectivity index (χ1n) is 6.51. The van der Waals surface area contributed by atoms with Crippen LogP contribution in [0, 0.1) is 5.92 Å². The molecule has 0 amide bonds. The Kier molecular flexibility index (Phi) is 6.00. The van der Waals surface area contributed by atoms with Crippen LogP contribution in [0.2, 0.25) is 0 Å². The van der Waals surface area contributed by atoms with E-state index in [0.717, 1.165) is 5.56 Å². The summed E-state index contributed by atoms with van der Waals surface area (Å²) in [5.41, 5.74) is 1.58. The van der Waals surface area contributed by atoms with Crippen molar-refractivity contribution >= 4 is 17.8 Å². The molecule has 0 heterocycles. The van der Waals surface area contributed by atoms with Crippen molar-refractivity contribution in [2.75, 3.05) is 6.61 Å². The topological polar surface area (TPSA) is 43.4 Å². The van der Waals surface area contributed by atoms with Crippen LogP contribution in [-0.4, -0.2) is 18.4 Å². The maximum Gasteiger partial charge on any atom is 0.330 e. The summed E-state index contributed by atoms with van der Waals surface area (Å²) >= 11 is 0. The van der Waals surface area contributed by atoms with E-state index in [1.165, 1.54) is 6.08 Å². The Hall–Kier alpha value is -1.90. The van der Waals surface area contributed by atoms with Crippen molar-refractivity contribution in [3.8, 4) is 0 Å². The third kappa shape index (κ3) is 5.51. The van der Waals surface area contributed by atoms with E-state index >= 15 is 0 Å². The fourth-order valence-corrected chi connectivity index (χ4v) is 1.62. The quantitative estimate of drug-likeness (QED) is 0.447. The Balaban J connectivity index is 2.66. The number of carbonyl (C=O) groups excluding carboxylic acids is 2. The monoisotopic (exact) mass is 260 g/mol. The van der Waals surface area contributed by atoms with E-state index in [1.54, 1.807) is 25.1 Å². The summed E-state index contributed by atoms with van der Waals surface area (Å²) in [6, 6.07) is 7.22. The molecule has 0 fully saturated rings. The number of carbonyl (C=O) groups is 2. The van der Waals surface area contributed by atoms with Crippen molar-refractivity contribution in [2.45, 2.75) is 27.2 Å². The van der Waals surface area contributed by atoms with Crippen LogP contribution in [0.5, 0.6) is 0 Å². The molecule has 0 N–H and O–H groups in total. The van der Waals surface area contributed by atoms with Gasteiger partial charge in [0.1, 0.15) is 0 Å². The normalized spacial score (nSPS) is 10.9. The molecule has 0 saturated heterocycles. The van der Waals surface area contributed by atoms with Gasteiger partial charge in [0.15, 0.2) is 5.78 Å². The van der Waals surface area contributed by atoms with E-state index in [1.807, 2.05) is 26.0 Å². The molecule has 0 aliphatic heterocycles. The fraction of sp³-hybridized carbons (Fsp3) is 0.375. The maximum absolute atomic E-state index is 11.8. The van der Waals surface area contributed by atoms with Gasteiger partial charge in [-0.1, -0.05) is 38.1 Å². The molecule has 0 aromatic heterocycles. The Labute approximate surface area is 114 Å². The zero-order valence-corrected chi connectivity index (χ0v) is 11.7. The number of benzene rings is 1. The van der Waals surface area contributed by atoms with Gasteiger partial charge in [0.25, 0.3) is 0 Å². The molecule has 0 unspecified atom stereocenters. The predicted molar refractivity (Wildman–Crippen MR) is 75.9 cm³/mol. The van der Waals surface area contributed by atoms with Gasteiger partial charge < -0.3 is 4.74 Å². The highest BCUT2D eigenvalue weighted by Gasteiger charge is 2.07. The molecule has 19 heavy (non-hydrogen) atoms. The smallest absolute Gasteiger partial charge is 0.330 e. The number of ether oxygens (including phenoxy) is 1. The van der Waals surface area contributed by atoms with Crippen molar-refractivity contribution in [1.29, 1.82) is 0 Å². The lowest BCUT2D eigenvalue weighted by atomic mass is 10.0. The van der Waals surface area contributed by atoms with Crippen molar-refractivity contribution in [3.63, 3.8) is 0 Å². The van der Waals surface area contributed by atoms with Crippen LogP contribution in [0.25, 0.3) is 6.08 Å². The molecule has 1 aromatic carbocycles. The zero-order valence-electron chi connectivity index (χ0n) is 11.7. The number of hydrogen-bond donors (Lipinski definition) is 0. The van der Waals surface area contributed by atoms with Crippen LogP contribution in [-0.2, 0) is 9.53 Å². The molecule has 102 valence electrons. The molecule has 0 atom stereocenters. The van der Waals surface area contributed by atoms with Crippen molar-refractivity contribution < 1.29 is 14.3 Å². The predicted octanol–water partition coefficient (Wildman–Crippen LogP) is 3.49. The van der Waals surface area contributed by atoms with Gasteiger partial charge in [-0.15, -0.1) is 0 Å². The third-order valence-electron chi connectivity index (χ3n) is 2.52. The molecule has 0 aliphatic carbocycles. The van der Waals surface area contributed by atoms with Crippen LogP contribution < -0.4 is 0 Å². The average molecular weight is 260 g/mol. The van der Waals surface area contributed by atoms with E-state index in [0.29, 0.717) is 24.5 Å². The van der Waals surface area contributed by atoms with Gasteiger partial charge in [-0.25, -0.2) is 4.79 Å². The lowest BCUT2D eigenvalue weighted by molar-refractivity contribution is -0.137. The van der Waals surface area contributed by atoms with Crippen molar-refractivity contribution in [2.24, 2.45) is 5.92 Å². The van der Waals surface area contributed by atoms with E-state index in [4.69, 9.17) is 4.74 Å². The SMILES string of the molecule is CCOC(=O)C=Cc1ccc(C(=O)CC(C)C)cc1. The highest BCUT2D eigenvalue weighted by atomic mass is 16.5. The lowest BCUT2D eigenvalue weighted by Crippen LogP contribution is -2.03. The number of esters is 1. The van der Waals surface area contributed by atoms with Gasteiger partial charge in [-0.3, -0.25) is 4.79 Å². The molecule has 0 radical (unpaired) electrons. The summed E-state index contributed by atoms with van der Waals surface area (Å²) in [6.07, 6.45) is 3.61. The first kappa shape index (κ1) is 15.2. The standard InChI is InChI=1S/C16H20O3/c1-4-19-16(18)10-7-13-5-8-14(9-6-13)15(17)11-12(2)3/h5-10,12H,4,11H2,1-3H3. The summed E-state index contributed by atoms with van der Waals surface area (Å²) in [4.78, 5) is 23.0. The lowest BCUT2D eigenvalue weighted by Gasteiger charge is -2.04. The number of hydrogen-bond acceptors (Lipinski definition) is 3. The van der Waals surface area contributed by atoms with E-state index in [2.05, 4.69) is 0 Å². The molecule has 1 rings (SSSR count). The third-order valence-corrected chi connectivity index (χ3v) is 2.52. The second-order valence-electron chi connectivity index (χ2n) is 4.73. The van der Waals surface area contributed by atoms with Gasteiger partial charge in [0.2, 0.25) is 0 Å². The summed E-state index contributed by atoms with van der Waals surface area (Å²) in [5, 5.41) is 0. The van der Waals surface area contributed by atoms with Crippen LogP contribution in [0.4, 0.5) is 0 Å². The minimum absolute atomic E-state index is 0.149. The molecule has 0 spiro atoms. The average Bonchev–Trinajstić information content (AvgIpc) is 2.36. The first-order valence-corrected chi connectivity index (χ1v) is 6.51. The van der Waals surface area contributed by atoms with Crippen LogP contribution >= 0.6 is 0 Å². The molecular weight excluding hydrogens is 240 g/mol. The van der Waals surface area contributed by atoms with Crippen molar-refractivity contribution in [3.05, 3.63) is 41.5 Å². The molecule has 0 bridgehead atoms. The largest absolute Gasteiger partial charge is 0.463 e. The zero-order chi connectivity index (χ0) is 14.3. The van der Waals surface area contributed by atoms with Gasteiger partial charge >= 0.3 is 5.97 Å². The Morgan fingerprint density at radius 3 is 2.37 bits per heavy atom. The molecule has 3 heteroatoms. The number of rotatable bonds is 6. The highest BCUT2D eigenvalue weighted by molar-refractivity contribution is 5.96. The van der Waals surface area contributed by atoms with Gasteiger partial charge in [0.05, 0.1) is 6.61 Å². The molecule has 1 aromatic rings. The van der Waals surface area contributed by atoms with E-state index < -0.39 is 0 Å². The minimum atomic E-state index is -0.359. The Morgan fingerprint density at radius 2 is 1.84 bits per heavy atom. The maximum atomic E-state index is 11.8. The molecule has 0 saturated carbocycles. The first-order chi connectivity index (χ1) is 9.02. The second-order valence-corrected chi connectivity index (χ2v) is 4.73. The molecular formula is C16H20O3. The minimum Gasteiger partial charge on any atom is -0.463 e. The fourth-order valence-electron chi connectivity index (χ4n) is 1.62. The van der Waals surface area contributed by atoms with Gasteiger partial charge in [-0.05, 0) is 24.5 Å².